The van der Waals surface area contributed by atoms with Crippen LogP contribution in [0.15, 0.2) is 23.6 Å². The summed E-state index contributed by atoms with van der Waals surface area (Å²) < 4.78 is 11.1. The number of amides is 1. The molecule has 0 fully saturated rings. The third-order valence-electron chi connectivity index (χ3n) is 3.86. The number of nitrogens with one attached hydrogen (secondary N) is 1. The molecular formula is C17H20N2O3S2. The van der Waals surface area contributed by atoms with E-state index in [2.05, 4.69) is 16.6 Å². The third-order valence-corrected chi connectivity index (χ3v) is 5.50. The first-order valence-electron chi connectivity index (χ1n) is 7.70. The molecule has 1 aliphatic rings. The van der Waals surface area contributed by atoms with E-state index in [1.807, 2.05) is 23.6 Å². The van der Waals surface area contributed by atoms with Crippen molar-refractivity contribution in [3.8, 4) is 11.5 Å². The summed E-state index contributed by atoms with van der Waals surface area (Å²) in [5.74, 6) is 2.20. The molecule has 2 heterocycles. The number of rotatable bonds is 6. The van der Waals surface area contributed by atoms with Gasteiger partial charge >= 0.3 is 0 Å². The van der Waals surface area contributed by atoms with Gasteiger partial charge in [-0.25, -0.2) is 4.98 Å². The maximum absolute atomic E-state index is 12.4. The molecule has 0 radical (unpaired) electrons. The number of aromatic nitrogens is 1. The highest BCUT2D eigenvalue weighted by Crippen LogP contribution is 2.36. The van der Waals surface area contributed by atoms with Gasteiger partial charge in [0.1, 0.15) is 11.6 Å². The van der Waals surface area contributed by atoms with Crippen LogP contribution in [0.5, 0.6) is 11.5 Å². The molecule has 0 bridgehead atoms. The molecule has 1 aromatic heterocycles. The SMILES string of the molecule is COc1cccc2c1OC[C@@H](C(=O)NCc1csc(CSC)n1)C2. The predicted molar refractivity (Wildman–Crippen MR) is 96.9 cm³/mol. The standard InChI is InChI=1S/C17H20N2O3S2/c1-21-14-5-3-4-11-6-12(8-22-16(11)14)17(20)18-7-13-9-24-15(19-13)10-23-2/h3-5,9,12H,6-8,10H2,1-2H3,(H,18,20)/t12-/m0/s1. The summed E-state index contributed by atoms with van der Waals surface area (Å²) in [7, 11) is 1.62. The minimum atomic E-state index is -0.186. The molecule has 1 N–H and O–H groups in total. The summed E-state index contributed by atoms with van der Waals surface area (Å²) in [6.07, 6.45) is 2.71. The van der Waals surface area contributed by atoms with Crippen LogP contribution in [0, 0.1) is 5.92 Å². The molecule has 0 unspecified atom stereocenters. The van der Waals surface area contributed by atoms with E-state index in [9.17, 15) is 4.79 Å². The van der Waals surface area contributed by atoms with Crippen molar-refractivity contribution >= 4 is 29.0 Å². The molecule has 5 nitrogen and oxygen atoms in total. The number of thioether (sulfide) groups is 1. The third kappa shape index (κ3) is 3.84. The molecule has 1 atom stereocenters. The van der Waals surface area contributed by atoms with Crippen LogP contribution in [0.2, 0.25) is 0 Å². The Morgan fingerprint density at radius 3 is 3.21 bits per heavy atom. The normalized spacial score (nSPS) is 16.2. The summed E-state index contributed by atoms with van der Waals surface area (Å²) >= 11 is 3.38. The van der Waals surface area contributed by atoms with Crippen LogP contribution < -0.4 is 14.8 Å². The molecular weight excluding hydrogens is 344 g/mol. The summed E-state index contributed by atoms with van der Waals surface area (Å²) in [5.41, 5.74) is 1.92. The second-order valence-electron chi connectivity index (χ2n) is 5.54. The van der Waals surface area contributed by atoms with E-state index in [0.29, 0.717) is 19.6 Å². The van der Waals surface area contributed by atoms with Crippen molar-refractivity contribution in [3.05, 3.63) is 39.8 Å². The van der Waals surface area contributed by atoms with Crippen molar-refractivity contribution in [2.24, 2.45) is 5.92 Å². The second kappa shape index (κ2) is 7.90. The van der Waals surface area contributed by atoms with E-state index >= 15 is 0 Å². The molecule has 0 spiro atoms. The van der Waals surface area contributed by atoms with Crippen LogP contribution in [0.25, 0.3) is 0 Å². The summed E-state index contributed by atoms with van der Waals surface area (Å²) in [5, 5.41) is 6.07. The summed E-state index contributed by atoms with van der Waals surface area (Å²) in [6.45, 7) is 0.833. The van der Waals surface area contributed by atoms with Gasteiger partial charge < -0.3 is 14.8 Å². The second-order valence-corrected chi connectivity index (χ2v) is 7.35. The first-order valence-corrected chi connectivity index (χ1v) is 9.97. The van der Waals surface area contributed by atoms with Gasteiger partial charge in [0.15, 0.2) is 11.5 Å². The Bertz CT molecular complexity index is 718. The van der Waals surface area contributed by atoms with Gasteiger partial charge in [-0.15, -0.1) is 11.3 Å². The molecule has 0 saturated carbocycles. The minimum absolute atomic E-state index is 0.00267. The number of fused-ring (bicyclic) bond motifs is 1. The van der Waals surface area contributed by atoms with Crippen LogP contribution in [0.4, 0.5) is 0 Å². The van der Waals surface area contributed by atoms with Gasteiger partial charge in [-0.05, 0) is 24.3 Å². The van der Waals surface area contributed by atoms with Gasteiger partial charge in [-0.1, -0.05) is 12.1 Å². The number of ether oxygens (including phenoxy) is 2. The van der Waals surface area contributed by atoms with Crippen LogP contribution in [-0.4, -0.2) is 30.9 Å². The lowest BCUT2D eigenvalue weighted by atomic mass is 9.95. The molecule has 128 valence electrons. The smallest absolute Gasteiger partial charge is 0.227 e. The van der Waals surface area contributed by atoms with Crippen molar-refractivity contribution < 1.29 is 14.3 Å². The zero-order valence-corrected chi connectivity index (χ0v) is 15.3. The van der Waals surface area contributed by atoms with E-state index in [1.165, 1.54) is 0 Å². The maximum Gasteiger partial charge on any atom is 0.227 e. The minimum Gasteiger partial charge on any atom is -0.493 e. The zero-order valence-electron chi connectivity index (χ0n) is 13.7. The van der Waals surface area contributed by atoms with E-state index in [-0.39, 0.29) is 11.8 Å². The van der Waals surface area contributed by atoms with Crippen LogP contribution in [0.1, 0.15) is 16.3 Å². The number of benzene rings is 1. The average molecular weight is 364 g/mol. The summed E-state index contributed by atoms with van der Waals surface area (Å²) in [4.78, 5) is 16.9. The largest absolute Gasteiger partial charge is 0.493 e. The number of carbonyl (C=O) groups is 1. The molecule has 24 heavy (non-hydrogen) atoms. The zero-order chi connectivity index (χ0) is 16.9. The first kappa shape index (κ1) is 17.1. The Morgan fingerprint density at radius 1 is 1.54 bits per heavy atom. The van der Waals surface area contributed by atoms with Crippen LogP contribution in [-0.2, 0) is 23.5 Å². The topological polar surface area (TPSA) is 60.5 Å². The molecule has 0 saturated heterocycles. The fraction of sp³-hybridized carbons (Fsp3) is 0.412. The van der Waals surface area contributed by atoms with Crippen molar-refractivity contribution in [3.63, 3.8) is 0 Å². The Balaban J connectivity index is 1.57. The van der Waals surface area contributed by atoms with Gasteiger partial charge in [0.05, 0.1) is 25.3 Å². The highest BCUT2D eigenvalue weighted by atomic mass is 32.2. The quantitative estimate of drug-likeness (QED) is 0.854. The van der Waals surface area contributed by atoms with Gasteiger partial charge in [-0.2, -0.15) is 11.8 Å². The molecule has 3 rings (SSSR count). The lowest BCUT2D eigenvalue weighted by Crippen LogP contribution is -2.37. The molecule has 7 heteroatoms. The molecule has 2 aromatic rings. The number of para-hydroxylation sites is 1. The number of carbonyl (C=O) groups excluding carboxylic acids is 1. The highest BCUT2D eigenvalue weighted by Gasteiger charge is 2.27. The van der Waals surface area contributed by atoms with E-state index in [1.54, 1.807) is 30.2 Å². The van der Waals surface area contributed by atoms with E-state index < -0.39 is 0 Å². The number of hydrogen-bond donors (Lipinski definition) is 1. The fourth-order valence-corrected chi connectivity index (χ4v) is 4.18. The van der Waals surface area contributed by atoms with Gasteiger partial charge in [0.25, 0.3) is 0 Å². The number of thiazole rings is 1. The lowest BCUT2D eigenvalue weighted by Gasteiger charge is -2.25. The van der Waals surface area contributed by atoms with Gasteiger partial charge in [0.2, 0.25) is 5.91 Å². The Labute approximate surface area is 149 Å². The van der Waals surface area contributed by atoms with E-state index in [0.717, 1.165) is 33.5 Å². The van der Waals surface area contributed by atoms with Crippen LogP contribution >= 0.6 is 23.1 Å². The highest BCUT2D eigenvalue weighted by molar-refractivity contribution is 7.97. The number of methoxy groups -OCH3 is 1. The number of nitrogens with zero attached hydrogens (tertiary/aromatic N) is 1. The fourth-order valence-electron chi connectivity index (χ4n) is 2.67. The van der Waals surface area contributed by atoms with Crippen molar-refractivity contribution in [1.82, 2.24) is 10.3 Å². The molecule has 1 aliphatic heterocycles. The Morgan fingerprint density at radius 2 is 2.42 bits per heavy atom. The van der Waals surface area contributed by atoms with Crippen molar-refractivity contribution in [1.29, 1.82) is 0 Å². The maximum atomic E-state index is 12.4. The first-order chi connectivity index (χ1) is 11.7. The van der Waals surface area contributed by atoms with Gasteiger partial charge in [-0.3, -0.25) is 4.79 Å². The Kier molecular flexibility index (Phi) is 5.63. The summed E-state index contributed by atoms with van der Waals surface area (Å²) in [6, 6.07) is 5.77. The Hall–Kier alpha value is -1.73. The molecule has 0 aliphatic carbocycles. The van der Waals surface area contributed by atoms with Crippen molar-refractivity contribution in [2.75, 3.05) is 20.0 Å². The van der Waals surface area contributed by atoms with Crippen LogP contribution in [0.3, 0.4) is 0 Å². The lowest BCUT2D eigenvalue weighted by molar-refractivity contribution is -0.126. The molecule has 1 aromatic carbocycles. The monoisotopic (exact) mass is 364 g/mol. The van der Waals surface area contributed by atoms with Crippen molar-refractivity contribution in [2.45, 2.75) is 18.7 Å². The predicted octanol–water partition coefficient (Wildman–Crippen LogP) is 2.88. The average Bonchev–Trinajstić information content (AvgIpc) is 3.06. The molecule has 1 amide bonds. The van der Waals surface area contributed by atoms with E-state index in [4.69, 9.17) is 9.47 Å². The number of hydrogen-bond acceptors (Lipinski definition) is 6. The van der Waals surface area contributed by atoms with Gasteiger partial charge in [0, 0.05) is 11.1 Å².